The molecule has 0 saturated heterocycles. The van der Waals surface area contributed by atoms with Crippen molar-refractivity contribution in [1.82, 2.24) is 14.8 Å². The van der Waals surface area contributed by atoms with Crippen molar-refractivity contribution in [2.75, 3.05) is 5.32 Å². The highest BCUT2D eigenvalue weighted by Crippen LogP contribution is 2.27. The highest BCUT2D eigenvalue weighted by atomic mass is 19.4. The Morgan fingerprint density at radius 1 is 1.18 bits per heavy atom. The van der Waals surface area contributed by atoms with Crippen LogP contribution in [0.2, 0.25) is 0 Å². The number of carbonyl (C=O) groups is 1. The Kier molecular flexibility index (Phi) is 5.48. The Balaban J connectivity index is 1.74. The van der Waals surface area contributed by atoms with Crippen LogP contribution in [0.1, 0.15) is 40.3 Å². The van der Waals surface area contributed by atoms with Crippen LogP contribution in [0, 0.1) is 6.92 Å². The summed E-state index contributed by atoms with van der Waals surface area (Å²) in [6.45, 7) is 4.68. The van der Waals surface area contributed by atoms with Gasteiger partial charge in [0.05, 0.1) is 0 Å². The number of anilines is 1. The van der Waals surface area contributed by atoms with Crippen molar-refractivity contribution in [2.45, 2.75) is 32.5 Å². The smallest absolute Gasteiger partial charge is 0.321 e. The van der Waals surface area contributed by atoms with Crippen molar-refractivity contribution in [2.24, 2.45) is 0 Å². The van der Waals surface area contributed by atoms with E-state index in [1.807, 2.05) is 30.7 Å². The van der Waals surface area contributed by atoms with E-state index in [0.29, 0.717) is 12.2 Å². The monoisotopic (exact) mass is 388 g/mol. The second-order valence-corrected chi connectivity index (χ2v) is 6.54. The van der Waals surface area contributed by atoms with E-state index in [0.717, 1.165) is 23.4 Å². The molecule has 0 aliphatic heterocycles. The minimum Gasteiger partial charge on any atom is -0.321 e. The first-order valence-corrected chi connectivity index (χ1v) is 8.68. The van der Waals surface area contributed by atoms with Gasteiger partial charge >= 0.3 is 6.18 Å². The molecule has 1 N–H and O–H groups in total. The molecule has 3 rings (SSSR count). The fourth-order valence-electron chi connectivity index (χ4n) is 2.79. The molecule has 1 atom stereocenters. The normalized spacial score (nSPS) is 12.6. The largest absolute Gasteiger partial charge is 0.433 e. The summed E-state index contributed by atoms with van der Waals surface area (Å²) >= 11 is 0. The van der Waals surface area contributed by atoms with E-state index < -0.39 is 17.8 Å². The van der Waals surface area contributed by atoms with Crippen molar-refractivity contribution >= 4 is 11.6 Å². The van der Waals surface area contributed by atoms with E-state index in [1.165, 1.54) is 6.07 Å². The summed E-state index contributed by atoms with van der Waals surface area (Å²) in [6, 6.07) is 12.4. The lowest BCUT2D eigenvalue weighted by Crippen LogP contribution is -2.17. The zero-order chi connectivity index (χ0) is 20.3. The molecule has 0 bridgehead atoms. The molecule has 3 aromatic rings. The average Bonchev–Trinajstić information content (AvgIpc) is 3.06. The molecule has 2 heterocycles. The van der Waals surface area contributed by atoms with Gasteiger partial charge in [0.25, 0.3) is 5.91 Å². The number of pyridine rings is 1. The molecular weight excluding hydrogens is 369 g/mol. The quantitative estimate of drug-likeness (QED) is 0.692. The molecule has 28 heavy (non-hydrogen) atoms. The molecule has 0 radical (unpaired) electrons. The zero-order valence-electron chi connectivity index (χ0n) is 15.4. The maximum Gasteiger partial charge on any atom is 0.433 e. The molecule has 0 aliphatic rings. The highest BCUT2D eigenvalue weighted by Gasteiger charge is 2.32. The van der Waals surface area contributed by atoms with Gasteiger partial charge in [-0.05, 0) is 42.8 Å². The van der Waals surface area contributed by atoms with Crippen molar-refractivity contribution in [3.8, 4) is 0 Å². The van der Waals surface area contributed by atoms with Crippen LogP contribution < -0.4 is 5.32 Å². The summed E-state index contributed by atoms with van der Waals surface area (Å²) in [7, 11) is 0. The molecule has 0 aliphatic carbocycles. The predicted octanol–water partition coefficient (Wildman–Crippen LogP) is 4.66. The third-order valence-corrected chi connectivity index (χ3v) is 4.36. The van der Waals surface area contributed by atoms with Crippen LogP contribution in [-0.2, 0) is 12.7 Å². The number of nitrogens with zero attached hydrogens (tertiary/aromatic N) is 3. The Morgan fingerprint density at radius 2 is 1.93 bits per heavy atom. The third-order valence-electron chi connectivity index (χ3n) is 4.36. The fourth-order valence-corrected chi connectivity index (χ4v) is 2.79. The van der Waals surface area contributed by atoms with Crippen molar-refractivity contribution in [3.63, 3.8) is 0 Å². The summed E-state index contributed by atoms with van der Waals surface area (Å²) in [5.74, 6) is -0.569. The molecule has 1 amide bonds. The second-order valence-electron chi connectivity index (χ2n) is 6.54. The number of nitrogens with one attached hydrogen (secondary N) is 1. The van der Waals surface area contributed by atoms with E-state index in [4.69, 9.17) is 0 Å². The Morgan fingerprint density at radius 3 is 2.61 bits per heavy atom. The number of rotatable bonds is 5. The van der Waals surface area contributed by atoms with Gasteiger partial charge in [0.2, 0.25) is 0 Å². The molecule has 1 unspecified atom stereocenters. The van der Waals surface area contributed by atoms with Crippen molar-refractivity contribution in [3.05, 3.63) is 77.4 Å². The number of carbonyl (C=O) groups excluding carboxylic acids is 1. The maximum absolute atomic E-state index is 12.8. The van der Waals surface area contributed by atoms with E-state index in [2.05, 4.69) is 15.4 Å². The number of aryl methyl sites for hydroxylation is 1. The Bertz CT molecular complexity index is 981. The maximum atomic E-state index is 12.8. The fraction of sp³-hybridized carbons (Fsp3) is 0.250. The van der Waals surface area contributed by atoms with Gasteiger partial charge in [-0.2, -0.15) is 18.3 Å². The number of amides is 1. The lowest BCUT2D eigenvalue weighted by atomic mass is 10.0. The first-order chi connectivity index (χ1) is 13.2. The minimum absolute atomic E-state index is 0.127. The van der Waals surface area contributed by atoms with Gasteiger partial charge in [-0.3, -0.25) is 9.48 Å². The number of alkyl halides is 3. The molecular formula is C20H19F3N4O. The van der Waals surface area contributed by atoms with Crippen LogP contribution in [0.4, 0.5) is 18.9 Å². The third kappa shape index (κ3) is 4.57. The van der Waals surface area contributed by atoms with E-state index in [-0.39, 0.29) is 11.6 Å². The standard InChI is InChI=1S/C20H19F3N4O/c1-13(12-27-14(2)9-10-24-27)15-5-3-6-16(11-15)25-19(28)17-7-4-8-18(26-17)20(21,22)23/h3-11,13H,12H2,1-2H3,(H,25,28). The van der Waals surface area contributed by atoms with E-state index in [1.54, 1.807) is 24.4 Å². The lowest BCUT2D eigenvalue weighted by Gasteiger charge is -2.15. The van der Waals surface area contributed by atoms with Crippen LogP contribution in [0.3, 0.4) is 0 Å². The van der Waals surface area contributed by atoms with Gasteiger partial charge in [0.15, 0.2) is 0 Å². The molecule has 2 aromatic heterocycles. The van der Waals surface area contributed by atoms with Gasteiger partial charge in [-0.15, -0.1) is 0 Å². The first-order valence-electron chi connectivity index (χ1n) is 8.68. The summed E-state index contributed by atoms with van der Waals surface area (Å²) in [4.78, 5) is 15.7. The Hall–Kier alpha value is -3.16. The average molecular weight is 388 g/mol. The summed E-state index contributed by atoms with van der Waals surface area (Å²) in [6.07, 6.45) is -2.86. The van der Waals surface area contributed by atoms with Gasteiger partial charge in [-0.1, -0.05) is 25.1 Å². The first kappa shape index (κ1) is 19.6. The van der Waals surface area contributed by atoms with Gasteiger partial charge < -0.3 is 5.32 Å². The van der Waals surface area contributed by atoms with Crippen molar-refractivity contribution < 1.29 is 18.0 Å². The van der Waals surface area contributed by atoms with E-state index >= 15 is 0 Å². The number of halogens is 3. The van der Waals surface area contributed by atoms with Crippen LogP contribution in [0.5, 0.6) is 0 Å². The molecule has 1 aromatic carbocycles. The zero-order valence-corrected chi connectivity index (χ0v) is 15.4. The number of hydrogen-bond donors (Lipinski definition) is 1. The van der Waals surface area contributed by atoms with Gasteiger partial charge in [0, 0.05) is 30.0 Å². The highest BCUT2D eigenvalue weighted by molar-refractivity contribution is 6.02. The van der Waals surface area contributed by atoms with Crippen molar-refractivity contribution in [1.29, 1.82) is 0 Å². The molecule has 8 heteroatoms. The van der Waals surface area contributed by atoms with Gasteiger partial charge in [-0.25, -0.2) is 4.98 Å². The molecule has 0 saturated carbocycles. The predicted molar refractivity (Wildman–Crippen MR) is 99.0 cm³/mol. The number of benzene rings is 1. The number of hydrogen-bond acceptors (Lipinski definition) is 3. The van der Waals surface area contributed by atoms with Gasteiger partial charge in [0.1, 0.15) is 11.4 Å². The molecule has 146 valence electrons. The van der Waals surface area contributed by atoms with Crippen LogP contribution >= 0.6 is 0 Å². The summed E-state index contributed by atoms with van der Waals surface area (Å²) < 4.78 is 40.2. The number of aromatic nitrogens is 3. The summed E-state index contributed by atoms with van der Waals surface area (Å²) in [5, 5.41) is 6.88. The van der Waals surface area contributed by atoms with E-state index in [9.17, 15) is 18.0 Å². The molecule has 0 fully saturated rings. The van der Waals surface area contributed by atoms with Crippen LogP contribution in [0.15, 0.2) is 54.7 Å². The molecule has 5 nitrogen and oxygen atoms in total. The van der Waals surface area contributed by atoms with Crippen LogP contribution in [0.25, 0.3) is 0 Å². The SMILES string of the molecule is Cc1ccnn1CC(C)c1cccc(NC(=O)c2cccc(C(F)(F)F)n2)c1. The summed E-state index contributed by atoms with van der Waals surface area (Å²) in [5.41, 5.74) is 1.12. The van der Waals surface area contributed by atoms with Crippen LogP contribution in [-0.4, -0.2) is 20.7 Å². The lowest BCUT2D eigenvalue weighted by molar-refractivity contribution is -0.141. The second kappa shape index (κ2) is 7.84. The Labute approximate surface area is 160 Å². The minimum atomic E-state index is -4.60. The topological polar surface area (TPSA) is 59.8 Å². The molecule has 0 spiro atoms.